The first-order chi connectivity index (χ1) is 7.24. The van der Waals surface area contributed by atoms with Gasteiger partial charge in [0.05, 0.1) is 6.54 Å². The molecule has 0 heterocycles. The summed E-state index contributed by atoms with van der Waals surface area (Å²) in [7, 11) is 0. The van der Waals surface area contributed by atoms with E-state index < -0.39 is 0 Å². The van der Waals surface area contributed by atoms with Crippen LogP contribution in [0.25, 0.3) is 0 Å². The van der Waals surface area contributed by atoms with Crippen LogP contribution >= 0.6 is 0 Å². The zero-order chi connectivity index (χ0) is 11.1. The summed E-state index contributed by atoms with van der Waals surface area (Å²) in [4.78, 5) is 11.4. The summed E-state index contributed by atoms with van der Waals surface area (Å²) >= 11 is 0. The summed E-state index contributed by atoms with van der Waals surface area (Å²) < 4.78 is 0. The summed E-state index contributed by atoms with van der Waals surface area (Å²) in [5.74, 6) is 0.871. The van der Waals surface area contributed by atoms with Gasteiger partial charge in [-0.05, 0) is 25.2 Å². The molecule has 2 unspecified atom stereocenters. The summed E-state index contributed by atoms with van der Waals surface area (Å²) in [5, 5.41) is 6.27. The highest BCUT2D eigenvalue weighted by Gasteiger charge is 2.22. The van der Waals surface area contributed by atoms with E-state index >= 15 is 0 Å². The van der Waals surface area contributed by atoms with E-state index in [1.807, 2.05) is 0 Å². The summed E-state index contributed by atoms with van der Waals surface area (Å²) in [6.07, 6.45) is 6.04. The lowest BCUT2D eigenvalue weighted by Crippen LogP contribution is -2.40. The Balaban J connectivity index is 2.05. The molecule has 0 radical (unpaired) electrons. The van der Waals surface area contributed by atoms with Crippen molar-refractivity contribution in [2.75, 3.05) is 13.1 Å². The molecule has 15 heavy (non-hydrogen) atoms. The van der Waals surface area contributed by atoms with Crippen LogP contribution in [0.5, 0.6) is 0 Å². The Kier molecular flexibility index (Phi) is 5.69. The van der Waals surface area contributed by atoms with Crippen LogP contribution in [0.2, 0.25) is 0 Å². The van der Waals surface area contributed by atoms with Gasteiger partial charge in [0.15, 0.2) is 0 Å². The standard InChI is InChI=1S/C12H24N2O/c1-3-4-8-13-12(15)9-14-11-7-5-6-10(11)2/h10-11,14H,3-9H2,1-2H3,(H,13,15). The smallest absolute Gasteiger partial charge is 0.233 e. The van der Waals surface area contributed by atoms with E-state index in [9.17, 15) is 4.79 Å². The number of rotatable bonds is 6. The van der Waals surface area contributed by atoms with Gasteiger partial charge >= 0.3 is 0 Å². The fourth-order valence-corrected chi connectivity index (χ4v) is 2.14. The van der Waals surface area contributed by atoms with Gasteiger partial charge in [0.25, 0.3) is 0 Å². The number of nitrogens with one attached hydrogen (secondary N) is 2. The van der Waals surface area contributed by atoms with E-state index in [0.717, 1.165) is 25.3 Å². The fourth-order valence-electron chi connectivity index (χ4n) is 2.14. The Hall–Kier alpha value is -0.570. The molecule has 0 spiro atoms. The SMILES string of the molecule is CCCCNC(=O)CNC1CCCC1C. The second-order valence-corrected chi connectivity index (χ2v) is 4.60. The van der Waals surface area contributed by atoms with Crippen molar-refractivity contribution in [2.45, 2.75) is 52.0 Å². The normalized spacial score (nSPS) is 25.5. The van der Waals surface area contributed by atoms with Gasteiger partial charge in [-0.1, -0.05) is 26.7 Å². The van der Waals surface area contributed by atoms with Crippen LogP contribution in [-0.2, 0) is 4.79 Å². The van der Waals surface area contributed by atoms with Crippen molar-refractivity contribution in [3.63, 3.8) is 0 Å². The van der Waals surface area contributed by atoms with Crippen molar-refractivity contribution < 1.29 is 4.79 Å². The zero-order valence-corrected chi connectivity index (χ0v) is 10.0. The molecule has 1 aliphatic carbocycles. The van der Waals surface area contributed by atoms with Gasteiger partial charge in [-0.3, -0.25) is 4.79 Å². The number of hydrogen-bond donors (Lipinski definition) is 2. The lowest BCUT2D eigenvalue weighted by atomic mass is 10.1. The molecule has 0 aliphatic heterocycles. The predicted octanol–water partition coefficient (Wildman–Crippen LogP) is 1.68. The first-order valence-electron chi connectivity index (χ1n) is 6.24. The Morgan fingerprint density at radius 1 is 1.40 bits per heavy atom. The first-order valence-corrected chi connectivity index (χ1v) is 6.24. The van der Waals surface area contributed by atoms with Crippen molar-refractivity contribution in [1.29, 1.82) is 0 Å². The second-order valence-electron chi connectivity index (χ2n) is 4.60. The van der Waals surface area contributed by atoms with E-state index in [1.54, 1.807) is 0 Å². The molecule has 1 fully saturated rings. The summed E-state index contributed by atoms with van der Waals surface area (Å²) in [6.45, 7) is 5.69. The molecular weight excluding hydrogens is 188 g/mol. The van der Waals surface area contributed by atoms with Gasteiger partial charge in [-0.2, -0.15) is 0 Å². The van der Waals surface area contributed by atoms with Gasteiger partial charge in [-0.15, -0.1) is 0 Å². The van der Waals surface area contributed by atoms with E-state index in [1.165, 1.54) is 19.3 Å². The quantitative estimate of drug-likeness (QED) is 0.658. The van der Waals surface area contributed by atoms with Crippen LogP contribution in [0.15, 0.2) is 0 Å². The molecule has 3 heteroatoms. The first kappa shape index (κ1) is 12.5. The molecule has 1 rings (SSSR count). The lowest BCUT2D eigenvalue weighted by molar-refractivity contribution is -0.120. The van der Waals surface area contributed by atoms with Crippen molar-refractivity contribution in [1.82, 2.24) is 10.6 Å². The minimum absolute atomic E-state index is 0.141. The molecule has 2 N–H and O–H groups in total. The third-order valence-electron chi connectivity index (χ3n) is 3.24. The third-order valence-corrected chi connectivity index (χ3v) is 3.24. The predicted molar refractivity (Wildman–Crippen MR) is 62.7 cm³/mol. The molecule has 0 bridgehead atoms. The van der Waals surface area contributed by atoms with Gasteiger partial charge < -0.3 is 10.6 Å². The van der Waals surface area contributed by atoms with E-state index in [2.05, 4.69) is 24.5 Å². The monoisotopic (exact) mass is 212 g/mol. The maximum atomic E-state index is 11.4. The van der Waals surface area contributed by atoms with Crippen LogP contribution in [0.3, 0.4) is 0 Å². The van der Waals surface area contributed by atoms with E-state index in [4.69, 9.17) is 0 Å². The Morgan fingerprint density at radius 2 is 2.20 bits per heavy atom. The highest BCUT2D eigenvalue weighted by Crippen LogP contribution is 2.24. The van der Waals surface area contributed by atoms with Crippen LogP contribution in [0.1, 0.15) is 46.0 Å². The van der Waals surface area contributed by atoms with Crippen molar-refractivity contribution in [3.05, 3.63) is 0 Å². The number of amides is 1. The van der Waals surface area contributed by atoms with E-state index in [0.29, 0.717) is 12.6 Å². The molecule has 0 aromatic heterocycles. The molecule has 0 aromatic rings. The van der Waals surface area contributed by atoms with Gasteiger partial charge in [0.2, 0.25) is 5.91 Å². The molecule has 2 atom stereocenters. The van der Waals surface area contributed by atoms with E-state index in [-0.39, 0.29) is 5.91 Å². The number of unbranched alkanes of at least 4 members (excludes halogenated alkanes) is 1. The molecule has 3 nitrogen and oxygen atoms in total. The fraction of sp³-hybridized carbons (Fsp3) is 0.917. The molecule has 0 aromatic carbocycles. The molecular formula is C12H24N2O. The topological polar surface area (TPSA) is 41.1 Å². The Morgan fingerprint density at radius 3 is 2.80 bits per heavy atom. The number of carbonyl (C=O) groups is 1. The third kappa shape index (κ3) is 4.65. The number of hydrogen-bond acceptors (Lipinski definition) is 2. The maximum Gasteiger partial charge on any atom is 0.233 e. The van der Waals surface area contributed by atoms with Crippen LogP contribution in [0, 0.1) is 5.92 Å². The van der Waals surface area contributed by atoms with Crippen LogP contribution in [-0.4, -0.2) is 25.0 Å². The minimum atomic E-state index is 0.141. The average Bonchev–Trinajstić information content (AvgIpc) is 2.61. The van der Waals surface area contributed by atoms with Gasteiger partial charge in [0, 0.05) is 12.6 Å². The number of carbonyl (C=O) groups excluding carboxylic acids is 1. The lowest BCUT2D eigenvalue weighted by Gasteiger charge is -2.16. The molecule has 88 valence electrons. The second kappa shape index (κ2) is 6.83. The largest absolute Gasteiger partial charge is 0.355 e. The van der Waals surface area contributed by atoms with Gasteiger partial charge in [0.1, 0.15) is 0 Å². The van der Waals surface area contributed by atoms with Crippen LogP contribution < -0.4 is 10.6 Å². The average molecular weight is 212 g/mol. The van der Waals surface area contributed by atoms with Crippen molar-refractivity contribution >= 4 is 5.91 Å². The molecule has 1 aliphatic rings. The van der Waals surface area contributed by atoms with Crippen molar-refractivity contribution in [2.24, 2.45) is 5.92 Å². The summed E-state index contributed by atoms with van der Waals surface area (Å²) in [5.41, 5.74) is 0. The molecule has 1 saturated carbocycles. The molecule has 0 saturated heterocycles. The minimum Gasteiger partial charge on any atom is -0.355 e. The zero-order valence-electron chi connectivity index (χ0n) is 10.0. The highest BCUT2D eigenvalue weighted by atomic mass is 16.1. The maximum absolute atomic E-state index is 11.4. The van der Waals surface area contributed by atoms with Crippen LogP contribution in [0.4, 0.5) is 0 Å². The highest BCUT2D eigenvalue weighted by molar-refractivity contribution is 5.77. The summed E-state index contributed by atoms with van der Waals surface area (Å²) in [6, 6.07) is 0.557. The molecule has 1 amide bonds. The Labute approximate surface area is 93.0 Å². The van der Waals surface area contributed by atoms with Gasteiger partial charge in [-0.25, -0.2) is 0 Å². The van der Waals surface area contributed by atoms with Crippen molar-refractivity contribution in [3.8, 4) is 0 Å². The Bertz CT molecular complexity index is 194.